The third-order valence-corrected chi connectivity index (χ3v) is 1.73. The van der Waals surface area contributed by atoms with Crippen LogP contribution in [0.3, 0.4) is 0 Å². The van der Waals surface area contributed by atoms with E-state index < -0.39 is 0 Å². The summed E-state index contributed by atoms with van der Waals surface area (Å²) in [6.07, 6.45) is 0. The van der Waals surface area contributed by atoms with Gasteiger partial charge >= 0.3 is 74.3 Å². The van der Waals surface area contributed by atoms with E-state index in [9.17, 15) is 0 Å². The first-order valence-corrected chi connectivity index (χ1v) is 3.35. The summed E-state index contributed by atoms with van der Waals surface area (Å²) in [7, 11) is 0. The van der Waals surface area contributed by atoms with Gasteiger partial charge in [-0.15, -0.1) is 0 Å². The van der Waals surface area contributed by atoms with Gasteiger partial charge in [0.25, 0.3) is 0 Å². The van der Waals surface area contributed by atoms with Crippen molar-refractivity contribution in [1.82, 2.24) is 0 Å². The van der Waals surface area contributed by atoms with E-state index >= 15 is 0 Å². The molecule has 0 amide bonds. The summed E-state index contributed by atoms with van der Waals surface area (Å²) in [6.45, 7) is 0. The van der Waals surface area contributed by atoms with E-state index in [-0.39, 0.29) is 0 Å². The molecule has 0 aliphatic carbocycles. The standard InChI is InChI=1S/C4H7.3Li/c1-4(2)3;;;/h4H,1-3H2;;;. The van der Waals surface area contributed by atoms with Crippen LogP contribution in [0.25, 0.3) is 0 Å². The van der Waals surface area contributed by atoms with Crippen LogP contribution in [-0.2, 0) is 0 Å². The van der Waals surface area contributed by atoms with Crippen LogP contribution in [0, 0.1) is 5.92 Å². The van der Waals surface area contributed by atoms with Crippen LogP contribution < -0.4 is 0 Å². The molecule has 0 nitrogen and oxygen atoms in total. The van der Waals surface area contributed by atoms with Crippen molar-refractivity contribution in [3.63, 3.8) is 0 Å². The van der Waals surface area contributed by atoms with E-state index in [1.807, 2.05) is 0 Å². The monoisotopic (exact) mass is 76.1 g/mol. The molecule has 0 atom stereocenters. The molecule has 0 saturated heterocycles. The zero-order valence-corrected chi connectivity index (χ0v) is 5.70. The average Bonchev–Trinajstić information content (AvgIpc) is 1.72. The van der Waals surface area contributed by atoms with Crippen molar-refractivity contribution in [2.24, 2.45) is 5.92 Å². The van der Waals surface area contributed by atoms with Crippen molar-refractivity contribution in [1.29, 1.82) is 0 Å². The molecule has 0 saturated carbocycles. The van der Waals surface area contributed by atoms with Crippen LogP contribution >= 0.6 is 0 Å². The Morgan fingerprint density at radius 1 is 0.857 bits per heavy atom. The van der Waals surface area contributed by atoms with Crippen LogP contribution in [0.15, 0.2) is 0 Å². The third-order valence-electron chi connectivity index (χ3n) is 1.73. The fourth-order valence-electron chi connectivity index (χ4n) is 0.866. The van der Waals surface area contributed by atoms with Gasteiger partial charge in [0.1, 0.15) is 0 Å². The summed E-state index contributed by atoms with van der Waals surface area (Å²) < 4.78 is 0. The molecule has 0 aliphatic heterocycles. The Labute approximate surface area is 73.8 Å². The molecule has 0 unspecified atom stereocenters. The molecule has 3 heteroatoms. The second-order valence-electron chi connectivity index (χ2n) is 2.09. The van der Waals surface area contributed by atoms with Gasteiger partial charge in [0, 0.05) is 0 Å². The molecule has 0 N–H and O–H groups in total. The van der Waals surface area contributed by atoms with E-state index in [0.29, 0.717) is 0 Å². The topological polar surface area (TPSA) is 0 Å². The molecule has 0 aromatic rings. The first-order chi connectivity index (χ1) is 3.35. The second kappa shape index (κ2) is 5.92. The Balaban J connectivity index is 2.99. The van der Waals surface area contributed by atoms with Crippen LogP contribution in [0.5, 0.6) is 0 Å². The van der Waals surface area contributed by atoms with Crippen LogP contribution in [-0.4, -0.2) is 53.1 Å². The minimum absolute atomic E-state index is 0.986. The van der Waals surface area contributed by atoms with Crippen molar-refractivity contribution in [2.45, 2.75) is 15.3 Å². The van der Waals surface area contributed by atoms with Crippen LogP contribution in [0.1, 0.15) is 0 Å². The fourth-order valence-corrected chi connectivity index (χ4v) is 0.866. The summed E-state index contributed by atoms with van der Waals surface area (Å²) in [5, 5.41) is 4.06. The van der Waals surface area contributed by atoms with E-state index in [2.05, 4.69) is 53.1 Å². The Bertz CT molecular complexity index is 28.4. The van der Waals surface area contributed by atoms with Gasteiger partial charge in [-0.1, -0.05) is 0 Å². The Kier molecular flexibility index (Phi) is 7.44. The van der Waals surface area contributed by atoms with Crippen LogP contribution in [0.2, 0.25) is 15.3 Å². The van der Waals surface area contributed by atoms with Crippen molar-refractivity contribution >= 4 is 53.1 Å². The molecule has 7 heavy (non-hydrogen) atoms. The first kappa shape index (κ1) is 8.79. The molecule has 0 aliphatic rings. The molecule has 0 fully saturated rings. The normalized spacial score (nSPS) is 10.7. The molecule has 0 heterocycles. The van der Waals surface area contributed by atoms with Gasteiger partial charge in [-0.3, -0.25) is 0 Å². The van der Waals surface area contributed by atoms with Gasteiger partial charge < -0.3 is 0 Å². The number of rotatable bonds is 3. The maximum absolute atomic E-state index is 2.26. The average molecular weight is 75.9 g/mol. The van der Waals surface area contributed by atoms with Crippen molar-refractivity contribution < 1.29 is 0 Å². The summed E-state index contributed by atoms with van der Waals surface area (Å²) in [5.74, 6) is 0.986. The summed E-state index contributed by atoms with van der Waals surface area (Å²) in [6, 6.07) is 0. The molecular formula is C4H7Li3. The van der Waals surface area contributed by atoms with Gasteiger partial charge in [-0.05, 0) is 0 Å². The maximum atomic E-state index is 2.26. The zero-order chi connectivity index (χ0) is 5.70. The quantitative estimate of drug-likeness (QED) is 0.426. The minimum atomic E-state index is 0.986. The van der Waals surface area contributed by atoms with E-state index in [1.54, 1.807) is 0 Å². The third kappa shape index (κ3) is 4.31. The van der Waals surface area contributed by atoms with Gasteiger partial charge in [-0.2, -0.15) is 0 Å². The van der Waals surface area contributed by atoms with E-state index in [1.165, 1.54) is 15.3 Å². The molecule has 0 aromatic heterocycles. The van der Waals surface area contributed by atoms with Gasteiger partial charge in [0.2, 0.25) is 0 Å². The molecular weight excluding hydrogens is 68.9 g/mol. The number of hydrogen-bond acceptors (Lipinski definition) is 0. The summed E-state index contributed by atoms with van der Waals surface area (Å²) >= 11 is 6.78. The van der Waals surface area contributed by atoms with Gasteiger partial charge in [0.15, 0.2) is 0 Å². The molecule has 0 rings (SSSR count). The van der Waals surface area contributed by atoms with Gasteiger partial charge in [-0.25, -0.2) is 0 Å². The molecule has 0 spiro atoms. The van der Waals surface area contributed by atoms with Crippen molar-refractivity contribution in [3.8, 4) is 0 Å². The molecule has 0 radical (unpaired) electrons. The summed E-state index contributed by atoms with van der Waals surface area (Å²) in [5.41, 5.74) is 0. The molecule has 0 bridgehead atoms. The number of hydrogen-bond donors (Lipinski definition) is 0. The second-order valence-corrected chi connectivity index (χ2v) is 2.09. The van der Waals surface area contributed by atoms with Crippen molar-refractivity contribution in [3.05, 3.63) is 0 Å². The molecule has 26 valence electrons. The zero-order valence-electron chi connectivity index (χ0n) is 5.70. The molecule has 0 aromatic carbocycles. The van der Waals surface area contributed by atoms with Crippen molar-refractivity contribution in [2.75, 3.05) is 0 Å². The first-order valence-electron chi connectivity index (χ1n) is 3.35. The van der Waals surface area contributed by atoms with E-state index in [4.69, 9.17) is 0 Å². The SMILES string of the molecule is [Li][CH2]C([CH2][Li])[CH2][Li]. The van der Waals surface area contributed by atoms with Gasteiger partial charge in [0.05, 0.1) is 0 Å². The predicted molar refractivity (Wildman–Crippen MR) is 35.2 cm³/mol. The van der Waals surface area contributed by atoms with E-state index in [0.717, 1.165) is 5.92 Å². The fraction of sp³-hybridized carbons (Fsp3) is 1.00. The summed E-state index contributed by atoms with van der Waals surface area (Å²) in [4.78, 5) is 0. The Morgan fingerprint density at radius 2 is 1.14 bits per heavy atom. The van der Waals surface area contributed by atoms with Crippen LogP contribution in [0.4, 0.5) is 0 Å². The Morgan fingerprint density at radius 3 is 1.14 bits per heavy atom. The predicted octanol–water partition coefficient (Wildman–Crippen LogP) is 0.363. The Hall–Kier alpha value is 1.79.